The van der Waals surface area contributed by atoms with Gasteiger partial charge in [0.2, 0.25) is 5.88 Å². The normalized spacial score (nSPS) is 10.8. The second-order valence-electron chi connectivity index (χ2n) is 7.83. The lowest BCUT2D eigenvalue weighted by molar-refractivity contribution is 0.0598. The molecule has 1 N–H and O–H groups in total. The van der Waals surface area contributed by atoms with Crippen molar-refractivity contribution in [3.63, 3.8) is 0 Å². The average molecular weight is 454 g/mol. The Morgan fingerprint density at radius 1 is 0.879 bits per heavy atom. The van der Waals surface area contributed by atoms with E-state index in [1.54, 1.807) is 45.0 Å². The van der Waals surface area contributed by atoms with Crippen LogP contribution in [0.1, 0.15) is 31.1 Å². The number of aromatic nitrogens is 1. The quantitative estimate of drug-likeness (QED) is 0.461. The molecule has 1 heterocycles. The summed E-state index contributed by atoms with van der Waals surface area (Å²) in [5, 5.41) is 2.54. The van der Waals surface area contributed by atoms with Crippen LogP contribution in [0.5, 0.6) is 23.1 Å². The summed E-state index contributed by atoms with van der Waals surface area (Å²) in [6, 6.07) is 14.6. The molecule has 33 heavy (non-hydrogen) atoms. The largest absolute Gasteiger partial charge is 0.465 e. The minimum atomic E-state index is -0.706. The van der Waals surface area contributed by atoms with Crippen LogP contribution >= 0.6 is 0 Å². The number of methoxy groups -OCH3 is 1. The van der Waals surface area contributed by atoms with Gasteiger partial charge in [0, 0.05) is 12.1 Å². The van der Waals surface area contributed by atoms with Crippen LogP contribution in [0, 0.1) is 5.82 Å². The Bertz CT molecular complexity index is 1130. The topological polar surface area (TPSA) is 96.0 Å². The maximum atomic E-state index is 13.2. The Balaban J connectivity index is 1.86. The van der Waals surface area contributed by atoms with Crippen LogP contribution < -0.4 is 14.8 Å². The van der Waals surface area contributed by atoms with E-state index in [2.05, 4.69) is 15.0 Å². The first kappa shape index (κ1) is 23.5. The van der Waals surface area contributed by atoms with E-state index in [0.29, 0.717) is 17.1 Å². The van der Waals surface area contributed by atoms with Crippen molar-refractivity contribution in [2.45, 2.75) is 26.4 Å². The molecule has 9 heteroatoms. The highest BCUT2D eigenvalue weighted by Gasteiger charge is 2.18. The predicted octanol–water partition coefficient (Wildman–Crippen LogP) is 5.94. The third kappa shape index (κ3) is 7.20. The van der Waals surface area contributed by atoms with Crippen molar-refractivity contribution in [3.8, 4) is 23.1 Å². The van der Waals surface area contributed by atoms with Gasteiger partial charge in [0.1, 0.15) is 34.5 Å². The standard InChI is InChI=1S/C24H23FN2O6/c1-24(2,3)33-23(29)27-20-13-19(31-17-11-7-16(25)8-12-17)14-21(26-20)32-18-9-5-15(6-10-18)22(28)30-4/h5-14H,1-4H3,(H,26,27,29). The molecule has 0 saturated carbocycles. The number of benzene rings is 2. The van der Waals surface area contributed by atoms with Crippen LogP contribution in [-0.4, -0.2) is 29.8 Å². The van der Waals surface area contributed by atoms with E-state index in [9.17, 15) is 14.0 Å². The molecule has 1 amide bonds. The van der Waals surface area contributed by atoms with Crippen LogP contribution in [0.2, 0.25) is 0 Å². The number of ether oxygens (including phenoxy) is 4. The molecular weight excluding hydrogens is 431 g/mol. The minimum Gasteiger partial charge on any atom is -0.465 e. The van der Waals surface area contributed by atoms with Crippen molar-refractivity contribution in [2.24, 2.45) is 0 Å². The summed E-state index contributed by atoms with van der Waals surface area (Å²) in [5.41, 5.74) is -0.342. The molecule has 0 spiro atoms. The van der Waals surface area contributed by atoms with Crippen LogP contribution in [0.3, 0.4) is 0 Å². The molecule has 0 unspecified atom stereocenters. The zero-order chi connectivity index (χ0) is 24.0. The Labute approximate surface area is 190 Å². The number of pyridine rings is 1. The van der Waals surface area contributed by atoms with Gasteiger partial charge in [0.15, 0.2) is 0 Å². The van der Waals surface area contributed by atoms with E-state index in [0.717, 1.165) is 0 Å². The molecule has 0 saturated heterocycles. The number of carbonyl (C=O) groups excluding carboxylic acids is 2. The summed E-state index contributed by atoms with van der Waals surface area (Å²) in [6.07, 6.45) is -0.706. The number of anilines is 1. The minimum absolute atomic E-state index is 0.103. The summed E-state index contributed by atoms with van der Waals surface area (Å²) < 4.78 is 34.7. The van der Waals surface area contributed by atoms with Crippen molar-refractivity contribution in [1.29, 1.82) is 0 Å². The third-order valence-corrected chi connectivity index (χ3v) is 3.95. The van der Waals surface area contributed by atoms with Gasteiger partial charge >= 0.3 is 12.1 Å². The van der Waals surface area contributed by atoms with Crippen LogP contribution in [0.25, 0.3) is 0 Å². The zero-order valence-electron chi connectivity index (χ0n) is 18.5. The zero-order valence-corrected chi connectivity index (χ0v) is 18.5. The predicted molar refractivity (Wildman–Crippen MR) is 118 cm³/mol. The summed E-state index contributed by atoms with van der Waals surface area (Å²) in [5.74, 6) is 0.388. The first-order valence-electron chi connectivity index (χ1n) is 9.93. The molecule has 0 atom stereocenters. The molecule has 0 aliphatic rings. The van der Waals surface area contributed by atoms with E-state index in [1.165, 1.54) is 43.5 Å². The molecule has 0 radical (unpaired) electrons. The van der Waals surface area contributed by atoms with E-state index in [-0.39, 0.29) is 17.4 Å². The lowest BCUT2D eigenvalue weighted by Gasteiger charge is -2.19. The number of hydrogen-bond donors (Lipinski definition) is 1. The van der Waals surface area contributed by atoms with Crippen molar-refractivity contribution in [2.75, 3.05) is 12.4 Å². The van der Waals surface area contributed by atoms with Crippen molar-refractivity contribution in [1.82, 2.24) is 4.98 Å². The highest BCUT2D eigenvalue weighted by molar-refractivity contribution is 5.89. The highest BCUT2D eigenvalue weighted by Crippen LogP contribution is 2.30. The smallest absolute Gasteiger partial charge is 0.413 e. The van der Waals surface area contributed by atoms with Gasteiger partial charge in [-0.3, -0.25) is 5.32 Å². The molecular formula is C24H23FN2O6. The molecule has 3 rings (SSSR count). The van der Waals surface area contributed by atoms with E-state index >= 15 is 0 Å². The van der Waals surface area contributed by atoms with Gasteiger partial charge in [-0.05, 0) is 69.3 Å². The van der Waals surface area contributed by atoms with Gasteiger partial charge in [-0.25, -0.2) is 14.0 Å². The maximum Gasteiger partial charge on any atom is 0.413 e. The van der Waals surface area contributed by atoms with Crippen LogP contribution in [0.15, 0.2) is 60.7 Å². The molecule has 172 valence electrons. The lowest BCUT2D eigenvalue weighted by Crippen LogP contribution is -2.27. The molecule has 3 aromatic rings. The molecule has 8 nitrogen and oxygen atoms in total. The molecule has 0 fully saturated rings. The number of hydrogen-bond acceptors (Lipinski definition) is 7. The van der Waals surface area contributed by atoms with Gasteiger partial charge in [0.25, 0.3) is 0 Å². The number of nitrogens with one attached hydrogen (secondary N) is 1. The first-order chi connectivity index (χ1) is 15.6. The summed E-state index contributed by atoms with van der Waals surface area (Å²) in [4.78, 5) is 28.1. The monoisotopic (exact) mass is 454 g/mol. The van der Waals surface area contributed by atoms with E-state index < -0.39 is 23.5 Å². The van der Waals surface area contributed by atoms with Gasteiger partial charge < -0.3 is 18.9 Å². The Kier molecular flexibility index (Phi) is 7.12. The number of esters is 1. The number of amides is 1. The van der Waals surface area contributed by atoms with E-state index in [4.69, 9.17) is 14.2 Å². The van der Waals surface area contributed by atoms with Crippen LogP contribution in [0.4, 0.5) is 15.0 Å². The van der Waals surface area contributed by atoms with Gasteiger partial charge in [-0.2, -0.15) is 4.98 Å². The fourth-order valence-electron chi connectivity index (χ4n) is 2.60. The van der Waals surface area contributed by atoms with Gasteiger partial charge in [-0.1, -0.05) is 0 Å². The molecule has 0 bridgehead atoms. The van der Waals surface area contributed by atoms with Crippen LogP contribution in [-0.2, 0) is 9.47 Å². The SMILES string of the molecule is COC(=O)c1ccc(Oc2cc(Oc3ccc(F)cc3)cc(NC(=O)OC(C)(C)C)n2)cc1. The molecule has 1 aromatic heterocycles. The Morgan fingerprint density at radius 2 is 1.48 bits per heavy atom. The second-order valence-corrected chi connectivity index (χ2v) is 7.83. The summed E-state index contributed by atoms with van der Waals surface area (Å²) in [6.45, 7) is 5.21. The Morgan fingerprint density at radius 3 is 2.09 bits per heavy atom. The fourth-order valence-corrected chi connectivity index (χ4v) is 2.60. The number of rotatable bonds is 6. The second kappa shape index (κ2) is 9.99. The van der Waals surface area contributed by atoms with Crippen molar-refractivity contribution >= 4 is 17.9 Å². The number of carbonyl (C=O) groups is 2. The molecule has 0 aliphatic heterocycles. The van der Waals surface area contributed by atoms with E-state index in [1.807, 2.05) is 0 Å². The molecule has 2 aromatic carbocycles. The maximum absolute atomic E-state index is 13.2. The van der Waals surface area contributed by atoms with Crippen molar-refractivity contribution < 1.29 is 32.9 Å². The fraction of sp³-hybridized carbons (Fsp3) is 0.208. The molecule has 0 aliphatic carbocycles. The number of nitrogens with zero attached hydrogens (tertiary/aromatic N) is 1. The summed E-state index contributed by atoms with van der Waals surface area (Å²) >= 11 is 0. The average Bonchev–Trinajstić information content (AvgIpc) is 2.74. The van der Waals surface area contributed by atoms with Gasteiger partial charge in [-0.15, -0.1) is 0 Å². The Hall–Kier alpha value is -4.14. The highest BCUT2D eigenvalue weighted by atomic mass is 19.1. The van der Waals surface area contributed by atoms with Gasteiger partial charge in [0.05, 0.1) is 12.7 Å². The summed E-state index contributed by atoms with van der Waals surface area (Å²) in [7, 11) is 1.29. The third-order valence-electron chi connectivity index (χ3n) is 3.95. The number of halogens is 1. The first-order valence-corrected chi connectivity index (χ1v) is 9.93. The van der Waals surface area contributed by atoms with Crippen molar-refractivity contribution in [3.05, 3.63) is 72.0 Å². The lowest BCUT2D eigenvalue weighted by atomic mass is 10.2.